The summed E-state index contributed by atoms with van der Waals surface area (Å²) in [7, 11) is 1.87. The monoisotopic (exact) mass is 307 g/mol. The fourth-order valence-corrected chi connectivity index (χ4v) is 2.48. The third-order valence-electron chi connectivity index (χ3n) is 3.53. The van der Waals surface area contributed by atoms with Crippen LogP contribution in [0, 0.1) is 6.92 Å². The van der Waals surface area contributed by atoms with Gasteiger partial charge in [-0.1, -0.05) is 30.7 Å². The molecule has 2 rings (SSSR count). The van der Waals surface area contributed by atoms with Crippen LogP contribution in [0.1, 0.15) is 36.8 Å². The molecule has 1 aromatic carbocycles. The number of aryl methyl sites for hydroxylation is 2. The predicted octanol–water partition coefficient (Wildman–Crippen LogP) is 3.63. The number of hydrogen-bond acceptors (Lipinski definition) is 3. The number of halogens is 1. The van der Waals surface area contributed by atoms with Gasteiger partial charge in [-0.3, -0.25) is 4.68 Å². The van der Waals surface area contributed by atoms with Gasteiger partial charge < -0.3 is 10.1 Å². The first-order valence-electron chi connectivity index (χ1n) is 7.17. The summed E-state index contributed by atoms with van der Waals surface area (Å²) in [5, 5.41) is 8.34. The van der Waals surface area contributed by atoms with Crippen molar-refractivity contribution in [1.29, 1.82) is 0 Å². The summed E-state index contributed by atoms with van der Waals surface area (Å²) in [4.78, 5) is 0. The quantitative estimate of drug-likeness (QED) is 0.885. The van der Waals surface area contributed by atoms with Gasteiger partial charge >= 0.3 is 0 Å². The molecule has 1 atom stereocenters. The first-order valence-corrected chi connectivity index (χ1v) is 7.54. The van der Waals surface area contributed by atoms with Crippen molar-refractivity contribution in [2.45, 2.75) is 33.4 Å². The normalized spacial score (nSPS) is 12.4. The lowest BCUT2D eigenvalue weighted by Gasteiger charge is -2.13. The summed E-state index contributed by atoms with van der Waals surface area (Å²) in [6.45, 7) is 7.52. The van der Waals surface area contributed by atoms with Crippen LogP contribution in [0.2, 0.25) is 5.02 Å². The Morgan fingerprint density at radius 3 is 2.52 bits per heavy atom. The molecule has 0 radical (unpaired) electrons. The molecule has 1 unspecified atom stereocenters. The summed E-state index contributed by atoms with van der Waals surface area (Å²) in [5.74, 6) is 0.831. The summed E-state index contributed by atoms with van der Waals surface area (Å²) in [6.07, 6.45) is 0. The van der Waals surface area contributed by atoms with Gasteiger partial charge in [-0.25, -0.2) is 0 Å². The maximum atomic E-state index is 6.21. The van der Waals surface area contributed by atoms with E-state index in [1.165, 1.54) is 5.56 Å². The van der Waals surface area contributed by atoms with Gasteiger partial charge in [-0.05, 0) is 38.1 Å². The molecule has 0 spiro atoms. The van der Waals surface area contributed by atoms with E-state index in [-0.39, 0.29) is 0 Å². The van der Waals surface area contributed by atoms with E-state index in [4.69, 9.17) is 16.3 Å². The fraction of sp³-hybridized carbons (Fsp3) is 0.438. The zero-order valence-corrected chi connectivity index (χ0v) is 13.7. The van der Waals surface area contributed by atoms with E-state index in [9.17, 15) is 0 Å². The average molecular weight is 308 g/mol. The predicted molar refractivity (Wildman–Crippen MR) is 85.8 cm³/mol. The molecule has 0 amide bonds. The zero-order chi connectivity index (χ0) is 15.4. The van der Waals surface area contributed by atoms with Gasteiger partial charge in [-0.15, -0.1) is 0 Å². The van der Waals surface area contributed by atoms with Gasteiger partial charge in [0, 0.05) is 13.1 Å². The number of nitrogens with one attached hydrogen (secondary N) is 1. The van der Waals surface area contributed by atoms with E-state index < -0.39 is 0 Å². The van der Waals surface area contributed by atoms with Crippen molar-refractivity contribution < 1.29 is 4.74 Å². The van der Waals surface area contributed by atoms with Crippen molar-refractivity contribution >= 4 is 11.6 Å². The van der Waals surface area contributed by atoms with Gasteiger partial charge in [0.05, 0.1) is 16.4 Å². The molecule has 114 valence electrons. The van der Waals surface area contributed by atoms with E-state index in [1.54, 1.807) is 4.68 Å². The lowest BCUT2D eigenvalue weighted by molar-refractivity contribution is 0.295. The number of hydrogen-bond donors (Lipinski definition) is 1. The second kappa shape index (κ2) is 6.96. The highest BCUT2D eigenvalue weighted by Crippen LogP contribution is 2.22. The molecule has 1 N–H and O–H groups in total. The van der Waals surface area contributed by atoms with Crippen molar-refractivity contribution in [3.8, 4) is 5.75 Å². The Labute approximate surface area is 131 Å². The van der Waals surface area contributed by atoms with Crippen LogP contribution in [-0.2, 0) is 13.7 Å². The van der Waals surface area contributed by atoms with Crippen molar-refractivity contribution in [3.63, 3.8) is 0 Å². The first-order chi connectivity index (χ1) is 10.0. The Morgan fingerprint density at radius 2 is 2.00 bits per heavy atom. The molecule has 1 aromatic heterocycles. The topological polar surface area (TPSA) is 39.1 Å². The summed E-state index contributed by atoms with van der Waals surface area (Å²) in [5.41, 5.74) is 2.96. The molecule has 0 aliphatic rings. The first kappa shape index (κ1) is 15.9. The largest absolute Gasteiger partial charge is 0.487 e. The van der Waals surface area contributed by atoms with Crippen LogP contribution in [-0.4, -0.2) is 16.3 Å². The van der Waals surface area contributed by atoms with E-state index in [0.717, 1.165) is 23.7 Å². The minimum absolute atomic E-state index is 0.346. The van der Waals surface area contributed by atoms with E-state index in [0.29, 0.717) is 17.7 Å². The van der Waals surface area contributed by atoms with Gasteiger partial charge in [-0.2, -0.15) is 5.10 Å². The molecule has 0 aliphatic carbocycles. The standard InChI is InChI=1S/C16H22ClN3O/c1-5-18-11(2)13-6-8-14(9-7-13)21-10-15-16(17)12(3)19-20(15)4/h6-9,11,18H,5,10H2,1-4H3. The Kier molecular flexibility index (Phi) is 5.26. The Bertz CT molecular complexity index is 592. The summed E-state index contributed by atoms with van der Waals surface area (Å²) < 4.78 is 7.56. The van der Waals surface area contributed by atoms with Crippen LogP contribution in [0.15, 0.2) is 24.3 Å². The Hall–Kier alpha value is -1.52. The summed E-state index contributed by atoms with van der Waals surface area (Å²) in [6, 6.07) is 8.48. The van der Waals surface area contributed by atoms with Crippen LogP contribution >= 0.6 is 11.6 Å². The minimum atomic E-state index is 0.346. The van der Waals surface area contributed by atoms with Gasteiger partial charge in [0.15, 0.2) is 0 Å². The lowest BCUT2D eigenvalue weighted by atomic mass is 10.1. The van der Waals surface area contributed by atoms with Crippen molar-refractivity contribution in [2.75, 3.05) is 6.54 Å². The van der Waals surface area contributed by atoms with Crippen LogP contribution in [0.4, 0.5) is 0 Å². The Morgan fingerprint density at radius 1 is 1.33 bits per heavy atom. The van der Waals surface area contributed by atoms with Crippen molar-refractivity contribution in [3.05, 3.63) is 46.2 Å². The highest BCUT2D eigenvalue weighted by Gasteiger charge is 2.11. The average Bonchev–Trinajstić information content (AvgIpc) is 2.71. The molecular weight excluding hydrogens is 286 g/mol. The fourth-order valence-electron chi connectivity index (χ4n) is 2.27. The highest BCUT2D eigenvalue weighted by molar-refractivity contribution is 6.31. The van der Waals surface area contributed by atoms with Gasteiger partial charge in [0.2, 0.25) is 0 Å². The molecule has 0 bridgehead atoms. The second-order valence-corrected chi connectivity index (χ2v) is 5.48. The van der Waals surface area contributed by atoms with Gasteiger partial charge in [0.25, 0.3) is 0 Å². The third-order valence-corrected chi connectivity index (χ3v) is 4.02. The van der Waals surface area contributed by atoms with Crippen molar-refractivity contribution in [2.24, 2.45) is 7.05 Å². The molecule has 1 heterocycles. The maximum Gasteiger partial charge on any atom is 0.131 e. The zero-order valence-electron chi connectivity index (χ0n) is 13.0. The number of rotatable bonds is 6. The van der Waals surface area contributed by atoms with Crippen LogP contribution < -0.4 is 10.1 Å². The maximum absolute atomic E-state index is 6.21. The number of ether oxygens (including phenoxy) is 1. The molecule has 5 heteroatoms. The van der Waals surface area contributed by atoms with E-state index >= 15 is 0 Å². The second-order valence-electron chi connectivity index (χ2n) is 5.11. The Balaban J connectivity index is 2.01. The smallest absolute Gasteiger partial charge is 0.131 e. The van der Waals surface area contributed by atoms with Crippen LogP contribution in [0.5, 0.6) is 5.75 Å². The van der Waals surface area contributed by atoms with Crippen LogP contribution in [0.3, 0.4) is 0 Å². The molecule has 2 aromatic rings. The minimum Gasteiger partial charge on any atom is -0.487 e. The molecule has 0 fully saturated rings. The molecule has 0 aliphatic heterocycles. The molecule has 0 saturated carbocycles. The SMILES string of the molecule is CCNC(C)c1ccc(OCc2c(Cl)c(C)nn2C)cc1. The molecule has 21 heavy (non-hydrogen) atoms. The third kappa shape index (κ3) is 3.77. The van der Waals surface area contributed by atoms with Crippen LogP contribution in [0.25, 0.3) is 0 Å². The molecule has 0 saturated heterocycles. The van der Waals surface area contributed by atoms with Gasteiger partial charge in [0.1, 0.15) is 12.4 Å². The lowest BCUT2D eigenvalue weighted by Crippen LogP contribution is -2.17. The number of aromatic nitrogens is 2. The van der Waals surface area contributed by atoms with E-state index in [2.05, 4.69) is 36.4 Å². The highest BCUT2D eigenvalue weighted by atomic mass is 35.5. The number of nitrogens with zero attached hydrogens (tertiary/aromatic N) is 2. The molecular formula is C16H22ClN3O. The molecule has 4 nitrogen and oxygen atoms in total. The summed E-state index contributed by atoms with van der Waals surface area (Å²) >= 11 is 6.21. The van der Waals surface area contributed by atoms with E-state index in [1.807, 2.05) is 26.1 Å². The number of benzene rings is 1. The van der Waals surface area contributed by atoms with Crippen molar-refractivity contribution in [1.82, 2.24) is 15.1 Å².